The zero-order valence-corrected chi connectivity index (χ0v) is 9.83. The van der Waals surface area contributed by atoms with Gasteiger partial charge in [0.15, 0.2) is 0 Å². The third kappa shape index (κ3) is 2.17. The van der Waals surface area contributed by atoms with Crippen molar-refractivity contribution in [1.29, 1.82) is 0 Å². The molecule has 0 saturated carbocycles. The van der Waals surface area contributed by atoms with Crippen LogP contribution in [0.5, 0.6) is 0 Å². The van der Waals surface area contributed by atoms with Crippen LogP contribution >= 0.6 is 22.6 Å². The van der Waals surface area contributed by atoms with Gasteiger partial charge in [-0.1, -0.05) is 30.3 Å². The summed E-state index contributed by atoms with van der Waals surface area (Å²) in [5.74, 6) is -0.789. The predicted octanol–water partition coefficient (Wildman–Crippen LogP) is 4.24. The Bertz CT molecular complexity index is 480. The Balaban J connectivity index is 2.59. The summed E-state index contributed by atoms with van der Waals surface area (Å²) in [6.07, 6.45) is 0. The van der Waals surface area contributed by atoms with Gasteiger partial charge in [-0.3, -0.25) is 0 Å². The van der Waals surface area contributed by atoms with Crippen molar-refractivity contribution in [2.45, 2.75) is 0 Å². The van der Waals surface area contributed by atoms with E-state index in [1.807, 2.05) is 6.07 Å². The van der Waals surface area contributed by atoms with Gasteiger partial charge >= 0.3 is 0 Å². The van der Waals surface area contributed by atoms with Crippen LogP contribution in [0.1, 0.15) is 0 Å². The highest BCUT2D eigenvalue weighted by Crippen LogP contribution is 2.25. The molecular formula is C12H7F2I. The average molecular weight is 316 g/mol. The molecule has 3 heteroatoms. The molecule has 2 aromatic rings. The summed E-state index contributed by atoms with van der Waals surface area (Å²) in [5.41, 5.74) is 0.985. The van der Waals surface area contributed by atoms with Crippen LogP contribution in [0.4, 0.5) is 8.78 Å². The maximum atomic E-state index is 13.5. The van der Waals surface area contributed by atoms with Gasteiger partial charge < -0.3 is 0 Å². The molecule has 0 nitrogen and oxygen atoms in total. The molecule has 0 saturated heterocycles. The third-order valence-electron chi connectivity index (χ3n) is 2.09. The van der Waals surface area contributed by atoms with E-state index in [9.17, 15) is 8.78 Å². The Hall–Kier alpha value is -0.970. The number of rotatable bonds is 1. The van der Waals surface area contributed by atoms with E-state index in [0.29, 0.717) is 14.7 Å². The number of benzene rings is 2. The SMILES string of the molecule is Fc1cc(-c2ccccc2)c(F)cc1I. The first-order chi connectivity index (χ1) is 7.18. The Morgan fingerprint density at radius 1 is 0.867 bits per heavy atom. The molecule has 0 fully saturated rings. The van der Waals surface area contributed by atoms with E-state index in [1.54, 1.807) is 46.9 Å². The lowest BCUT2D eigenvalue weighted by atomic mass is 10.1. The van der Waals surface area contributed by atoms with Gasteiger partial charge in [0.2, 0.25) is 0 Å². The molecule has 0 aliphatic carbocycles. The molecule has 0 unspecified atom stereocenters. The van der Waals surface area contributed by atoms with Gasteiger partial charge in [-0.25, -0.2) is 8.78 Å². The van der Waals surface area contributed by atoms with E-state index in [4.69, 9.17) is 0 Å². The number of halogens is 3. The summed E-state index contributed by atoms with van der Waals surface area (Å²) in [6.45, 7) is 0. The molecule has 0 spiro atoms. The van der Waals surface area contributed by atoms with E-state index >= 15 is 0 Å². The highest BCUT2D eigenvalue weighted by Gasteiger charge is 2.09. The predicted molar refractivity (Wildman–Crippen MR) is 64.5 cm³/mol. The average Bonchev–Trinajstić information content (AvgIpc) is 2.25. The number of hydrogen-bond donors (Lipinski definition) is 0. The summed E-state index contributed by atoms with van der Waals surface area (Å²) >= 11 is 1.77. The van der Waals surface area contributed by atoms with E-state index < -0.39 is 11.6 Å². The lowest BCUT2D eigenvalue weighted by Gasteiger charge is -2.04. The van der Waals surface area contributed by atoms with Crippen LogP contribution in [-0.4, -0.2) is 0 Å². The molecule has 0 N–H and O–H groups in total. The zero-order valence-electron chi connectivity index (χ0n) is 7.68. The van der Waals surface area contributed by atoms with E-state index in [2.05, 4.69) is 0 Å². The first kappa shape index (κ1) is 10.5. The highest BCUT2D eigenvalue weighted by atomic mass is 127. The van der Waals surface area contributed by atoms with Crippen molar-refractivity contribution < 1.29 is 8.78 Å². The Morgan fingerprint density at radius 2 is 1.53 bits per heavy atom. The second-order valence-corrected chi connectivity index (χ2v) is 4.27. The normalized spacial score (nSPS) is 10.3. The monoisotopic (exact) mass is 316 g/mol. The zero-order chi connectivity index (χ0) is 10.8. The molecule has 0 amide bonds. The highest BCUT2D eigenvalue weighted by molar-refractivity contribution is 14.1. The molecule has 0 bridgehead atoms. The molecule has 2 aromatic carbocycles. The molecule has 0 aromatic heterocycles. The molecule has 2 rings (SSSR count). The lowest BCUT2D eigenvalue weighted by Crippen LogP contribution is -1.89. The van der Waals surface area contributed by atoms with Crippen LogP contribution in [0, 0.1) is 15.2 Å². The summed E-state index contributed by atoms with van der Waals surface area (Å²) < 4.78 is 27.1. The molecule has 0 heterocycles. The molecule has 0 aliphatic rings. The van der Waals surface area contributed by atoms with Crippen molar-refractivity contribution in [3.63, 3.8) is 0 Å². The van der Waals surface area contributed by atoms with Crippen LogP contribution in [0.15, 0.2) is 42.5 Å². The molecule has 15 heavy (non-hydrogen) atoms. The maximum Gasteiger partial charge on any atom is 0.137 e. The fraction of sp³-hybridized carbons (Fsp3) is 0. The number of hydrogen-bond acceptors (Lipinski definition) is 0. The summed E-state index contributed by atoms with van der Waals surface area (Å²) in [4.78, 5) is 0. The Morgan fingerprint density at radius 3 is 2.20 bits per heavy atom. The van der Waals surface area contributed by atoms with Crippen molar-refractivity contribution in [2.24, 2.45) is 0 Å². The van der Waals surface area contributed by atoms with Gasteiger partial charge in [-0.15, -0.1) is 0 Å². The fourth-order valence-corrected chi connectivity index (χ4v) is 1.79. The van der Waals surface area contributed by atoms with Gasteiger partial charge in [0.05, 0.1) is 3.57 Å². The largest absolute Gasteiger partial charge is 0.206 e. The Kier molecular flexibility index (Phi) is 3.00. The fourth-order valence-electron chi connectivity index (χ4n) is 1.36. The second-order valence-electron chi connectivity index (χ2n) is 3.11. The van der Waals surface area contributed by atoms with Gasteiger partial charge in [0.1, 0.15) is 11.6 Å². The minimum atomic E-state index is -0.396. The van der Waals surface area contributed by atoms with Crippen molar-refractivity contribution in [1.82, 2.24) is 0 Å². The minimum absolute atomic E-state index is 0.296. The van der Waals surface area contributed by atoms with Gasteiger partial charge in [-0.05, 0) is 40.3 Å². The molecule has 0 aliphatic heterocycles. The van der Waals surface area contributed by atoms with Crippen LogP contribution in [0.2, 0.25) is 0 Å². The van der Waals surface area contributed by atoms with E-state index in [1.165, 1.54) is 12.1 Å². The van der Waals surface area contributed by atoms with E-state index in [-0.39, 0.29) is 0 Å². The van der Waals surface area contributed by atoms with Gasteiger partial charge in [0, 0.05) is 5.56 Å². The van der Waals surface area contributed by atoms with Crippen molar-refractivity contribution >= 4 is 22.6 Å². The van der Waals surface area contributed by atoms with Crippen LogP contribution < -0.4 is 0 Å². The summed E-state index contributed by atoms with van der Waals surface area (Å²) in [7, 11) is 0. The topological polar surface area (TPSA) is 0 Å². The van der Waals surface area contributed by atoms with Gasteiger partial charge in [0.25, 0.3) is 0 Å². The van der Waals surface area contributed by atoms with Crippen molar-refractivity contribution in [2.75, 3.05) is 0 Å². The summed E-state index contributed by atoms with van der Waals surface area (Å²) in [5, 5.41) is 0. The van der Waals surface area contributed by atoms with Crippen LogP contribution in [0.3, 0.4) is 0 Å². The van der Waals surface area contributed by atoms with Crippen LogP contribution in [-0.2, 0) is 0 Å². The standard InChI is InChI=1S/C12H7F2I/c13-10-7-12(15)11(14)6-9(10)8-4-2-1-3-5-8/h1-7H. The van der Waals surface area contributed by atoms with Gasteiger partial charge in [-0.2, -0.15) is 0 Å². The first-order valence-corrected chi connectivity index (χ1v) is 5.46. The molecule has 0 atom stereocenters. The molecular weight excluding hydrogens is 309 g/mol. The van der Waals surface area contributed by atoms with Crippen molar-refractivity contribution in [3.8, 4) is 11.1 Å². The quantitative estimate of drug-likeness (QED) is 0.545. The molecule has 0 radical (unpaired) electrons. The van der Waals surface area contributed by atoms with Crippen LogP contribution in [0.25, 0.3) is 11.1 Å². The Labute approximate surface area is 100 Å². The lowest BCUT2D eigenvalue weighted by molar-refractivity contribution is 0.596. The minimum Gasteiger partial charge on any atom is -0.206 e. The maximum absolute atomic E-state index is 13.5. The van der Waals surface area contributed by atoms with E-state index in [0.717, 1.165) is 0 Å². The second kappa shape index (κ2) is 4.26. The van der Waals surface area contributed by atoms with Crippen molar-refractivity contribution in [3.05, 3.63) is 57.7 Å². The molecule has 76 valence electrons. The smallest absolute Gasteiger partial charge is 0.137 e. The summed E-state index contributed by atoms with van der Waals surface area (Å²) in [6, 6.07) is 11.4. The first-order valence-electron chi connectivity index (χ1n) is 4.38. The third-order valence-corrected chi connectivity index (χ3v) is 2.92.